The number of fused-ring (bicyclic) bond motifs is 11. The minimum atomic E-state index is -0.0292. The van der Waals surface area contributed by atoms with Crippen molar-refractivity contribution in [3.05, 3.63) is 210 Å². The maximum Gasteiger partial charge on any atom is 0.159 e. The van der Waals surface area contributed by atoms with Gasteiger partial charge in [-0.05, 0) is 109 Å². The summed E-state index contributed by atoms with van der Waals surface area (Å²) in [7, 11) is 0. The van der Waals surface area contributed by atoms with E-state index in [0.717, 1.165) is 78.7 Å². The van der Waals surface area contributed by atoms with Crippen molar-refractivity contribution >= 4 is 83.1 Å². The number of benzene rings is 9. The number of hydrogen-bond donors (Lipinski definition) is 0. The molecule has 0 amide bonds. The van der Waals surface area contributed by atoms with Crippen LogP contribution in [0.2, 0.25) is 0 Å². The van der Waals surface area contributed by atoms with E-state index in [4.69, 9.17) is 8.83 Å². The van der Waals surface area contributed by atoms with Gasteiger partial charge in [-0.15, -0.1) is 0 Å². The Morgan fingerprint density at radius 3 is 1.68 bits per heavy atom. The Bertz CT molecular complexity index is 3450. The number of rotatable bonds is 6. The zero-order valence-electron chi connectivity index (χ0n) is 33.4. The third-order valence-corrected chi connectivity index (χ3v) is 12.5. The van der Waals surface area contributed by atoms with Gasteiger partial charge in [-0.1, -0.05) is 139 Å². The van der Waals surface area contributed by atoms with Crippen LogP contribution >= 0.6 is 0 Å². The van der Waals surface area contributed by atoms with Gasteiger partial charge >= 0.3 is 0 Å². The van der Waals surface area contributed by atoms with Crippen LogP contribution in [-0.2, 0) is 6.42 Å². The molecule has 2 heterocycles. The van der Waals surface area contributed by atoms with E-state index < -0.39 is 0 Å². The lowest BCUT2D eigenvalue weighted by Crippen LogP contribution is -2.29. The predicted octanol–water partition coefficient (Wildman–Crippen LogP) is 15.8. The molecule has 0 bridgehead atoms. The number of aryl methyl sites for hydroxylation is 2. The molecule has 12 rings (SSSR count). The highest BCUT2D eigenvalue weighted by molar-refractivity contribution is 6.13. The monoisotopic (exact) mass is 772 g/mol. The van der Waals surface area contributed by atoms with Gasteiger partial charge in [0.2, 0.25) is 0 Å². The highest BCUT2D eigenvalue weighted by atomic mass is 16.3. The van der Waals surface area contributed by atoms with Gasteiger partial charge in [0.1, 0.15) is 11.2 Å². The highest BCUT2D eigenvalue weighted by Crippen LogP contribution is 2.53. The Labute approximate surface area is 348 Å². The van der Waals surface area contributed by atoms with Crippen molar-refractivity contribution in [1.29, 1.82) is 0 Å². The largest absolute Gasteiger partial charge is 0.454 e. The van der Waals surface area contributed by atoms with Gasteiger partial charge in [-0.25, -0.2) is 0 Å². The van der Waals surface area contributed by atoms with Gasteiger partial charge in [-0.3, -0.25) is 0 Å². The molecule has 1 atom stereocenters. The summed E-state index contributed by atoms with van der Waals surface area (Å²) < 4.78 is 13.5. The molecule has 0 spiro atoms. The summed E-state index contributed by atoms with van der Waals surface area (Å²) in [6.07, 6.45) is 0.793. The van der Waals surface area contributed by atoms with Crippen LogP contribution in [-0.4, -0.2) is 0 Å². The van der Waals surface area contributed by atoms with Crippen LogP contribution in [0.25, 0.3) is 65.8 Å². The van der Waals surface area contributed by atoms with Crippen LogP contribution in [0, 0.1) is 13.8 Å². The fourth-order valence-corrected chi connectivity index (χ4v) is 9.85. The molecule has 1 aliphatic carbocycles. The van der Waals surface area contributed by atoms with Crippen LogP contribution in [0.3, 0.4) is 0 Å². The Hall–Kier alpha value is -7.56. The van der Waals surface area contributed by atoms with Gasteiger partial charge < -0.3 is 18.6 Å². The van der Waals surface area contributed by atoms with Crippen molar-refractivity contribution in [3.63, 3.8) is 0 Å². The summed E-state index contributed by atoms with van der Waals surface area (Å²) in [5.74, 6) is 0. The number of hydrogen-bond acceptors (Lipinski definition) is 4. The molecule has 0 fully saturated rings. The average molecular weight is 773 g/mol. The molecule has 1 aliphatic rings. The topological polar surface area (TPSA) is 32.8 Å². The number of para-hydroxylation sites is 6. The third kappa shape index (κ3) is 5.31. The Morgan fingerprint density at radius 1 is 0.417 bits per heavy atom. The van der Waals surface area contributed by atoms with E-state index in [9.17, 15) is 0 Å². The van der Waals surface area contributed by atoms with E-state index in [0.29, 0.717) is 0 Å². The van der Waals surface area contributed by atoms with Gasteiger partial charge in [-0.2, -0.15) is 0 Å². The van der Waals surface area contributed by atoms with Crippen molar-refractivity contribution in [3.8, 4) is 11.1 Å². The molecule has 60 heavy (non-hydrogen) atoms. The second-order valence-corrected chi connectivity index (χ2v) is 16.2. The zero-order chi connectivity index (χ0) is 39.9. The molecule has 2 aromatic heterocycles. The summed E-state index contributed by atoms with van der Waals surface area (Å²) in [6.45, 7) is 4.40. The summed E-state index contributed by atoms with van der Waals surface area (Å²) in [5.41, 5.74) is 16.5. The van der Waals surface area contributed by atoms with Gasteiger partial charge in [0.05, 0.1) is 23.1 Å². The highest BCUT2D eigenvalue weighted by Gasteiger charge is 2.35. The zero-order valence-corrected chi connectivity index (χ0v) is 33.4. The SMILES string of the molecule is Cc1ccc2c(c1)C(N(c1ccccc1)c1cccc3c1oc1ccccc13)Cc1c-2cc(N(c2ccccc2)c2cccc3c2oc2ccccc23)c2cc(C)ccc12. The lowest BCUT2D eigenvalue weighted by atomic mass is 9.78. The summed E-state index contributed by atoms with van der Waals surface area (Å²) in [4.78, 5) is 4.93. The smallest absolute Gasteiger partial charge is 0.159 e. The first kappa shape index (κ1) is 34.5. The van der Waals surface area contributed by atoms with Gasteiger partial charge in [0.15, 0.2) is 11.2 Å². The van der Waals surface area contributed by atoms with Crippen molar-refractivity contribution in [2.75, 3.05) is 9.80 Å². The summed E-state index contributed by atoms with van der Waals surface area (Å²) >= 11 is 0. The van der Waals surface area contributed by atoms with Crippen molar-refractivity contribution in [1.82, 2.24) is 0 Å². The van der Waals surface area contributed by atoms with Crippen LogP contribution in [0.5, 0.6) is 0 Å². The molecule has 0 aliphatic heterocycles. The minimum absolute atomic E-state index is 0.0292. The second-order valence-electron chi connectivity index (χ2n) is 16.2. The van der Waals surface area contributed by atoms with Crippen LogP contribution in [0.15, 0.2) is 197 Å². The molecule has 286 valence electrons. The van der Waals surface area contributed by atoms with Gasteiger partial charge in [0, 0.05) is 38.3 Å². The number of anilines is 5. The van der Waals surface area contributed by atoms with E-state index in [2.05, 4.69) is 200 Å². The second kappa shape index (κ2) is 13.5. The number of nitrogens with zero attached hydrogens (tertiary/aromatic N) is 2. The van der Waals surface area contributed by atoms with Crippen LogP contribution in [0.1, 0.15) is 28.3 Å². The van der Waals surface area contributed by atoms with Crippen LogP contribution < -0.4 is 9.80 Å². The van der Waals surface area contributed by atoms with Crippen molar-refractivity contribution in [2.45, 2.75) is 26.3 Å². The molecule has 0 radical (unpaired) electrons. The molecule has 4 nitrogen and oxygen atoms in total. The molecule has 0 saturated heterocycles. The third-order valence-electron chi connectivity index (χ3n) is 12.5. The van der Waals surface area contributed by atoms with Crippen molar-refractivity contribution < 1.29 is 8.83 Å². The minimum Gasteiger partial charge on any atom is -0.454 e. The fourth-order valence-electron chi connectivity index (χ4n) is 9.85. The van der Waals surface area contributed by atoms with Gasteiger partial charge in [0.25, 0.3) is 0 Å². The van der Waals surface area contributed by atoms with E-state index >= 15 is 0 Å². The summed E-state index contributed by atoms with van der Waals surface area (Å²) in [6, 6.07) is 67.8. The Balaban J connectivity index is 1.13. The van der Waals surface area contributed by atoms with E-state index in [1.807, 2.05) is 12.1 Å². The fraction of sp³-hybridized carbons (Fsp3) is 0.0714. The lowest BCUT2D eigenvalue weighted by molar-refractivity contribution is 0.652. The van der Waals surface area contributed by atoms with E-state index in [1.54, 1.807) is 0 Å². The molecule has 11 aromatic rings. The maximum atomic E-state index is 6.76. The number of furan rings is 2. The molecular weight excluding hydrogens is 733 g/mol. The molecule has 0 N–H and O–H groups in total. The molecular formula is C56H40N2O2. The first-order valence-electron chi connectivity index (χ1n) is 20.8. The van der Waals surface area contributed by atoms with E-state index in [-0.39, 0.29) is 6.04 Å². The predicted molar refractivity (Wildman–Crippen MR) is 250 cm³/mol. The summed E-state index contributed by atoms with van der Waals surface area (Å²) in [5, 5.41) is 6.91. The van der Waals surface area contributed by atoms with Crippen molar-refractivity contribution in [2.24, 2.45) is 0 Å². The lowest BCUT2D eigenvalue weighted by Gasteiger charge is -2.39. The first-order chi connectivity index (χ1) is 29.6. The standard InChI is InChI=1S/C56H40N2O2/c1-35-27-29-39-45-34-52(58(38-17-7-4-8-18-38)50-24-14-22-44-42-20-10-12-26-54(42)60-56(44)50)48-32-36(2)28-30-40(48)46(45)33-51(47(39)31-35)57(37-15-5-3-6-16-37)49-23-13-21-43-41-19-9-11-25-53(41)59-55(43)49/h3-33,52H,34H2,1-2H3. The Kier molecular flexibility index (Phi) is 7.76. The van der Waals surface area contributed by atoms with E-state index in [1.165, 1.54) is 44.2 Å². The Morgan fingerprint density at radius 2 is 0.983 bits per heavy atom. The normalized spacial score (nSPS) is 13.6. The first-order valence-corrected chi connectivity index (χ1v) is 20.8. The van der Waals surface area contributed by atoms with Crippen LogP contribution in [0.4, 0.5) is 28.4 Å². The quantitative estimate of drug-likeness (QED) is 0.168. The average Bonchev–Trinajstić information content (AvgIpc) is 3.87. The molecule has 4 heteroatoms. The molecule has 1 unspecified atom stereocenters. The molecule has 9 aromatic carbocycles. The maximum absolute atomic E-state index is 6.76. The molecule has 0 saturated carbocycles.